The molecule has 0 spiro atoms. The number of hydrogen-bond acceptors (Lipinski definition) is 5. The van der Waals surface area contributed by atoms with Crippen LogP contribution in [-0.4, -0.2) is 13.1 Å². The van der Waals surface area contributed by atoms with Crippen molar-refractivity contribution in [2.45, 2.75) is 27.4 Å². The summed E-state index contributed by atoms with van der Waals surface area (Å²) < 4.78 is 15.9. The van der Waals surface area contributed by atoms with Gasteiger partial charge in [0.2, 0.25) is 0 Å². The largest absolute Gasteiger partial charge is 0.496 e. The maximum absolute atomic E-state index is 12.5. The lowest BCUT2D eigenvalue weighted by Crippen LogP contribution is -2.09. The van der Waals surface area contributed by atoms with Gasteiger partial charge >= 0.3 is 11.6 Å². The standard InChI is InChI=1S/C21H20O5/c1-12-5-6-18(24-4)17(7-12)21(23)25-11-15-10-20(22)26-19-9-14(3)13(2)8-16(15)19/h5-10H,11H2,1-4H3. The van der Waals surface area contributed by atoms with Crippen LogP contribution in [0.15, 0.2) is 45.6 Å². The second kappa shape index (κ2) is 7.04. The third-order valence-corrected chi connectivity index (χ3v) is 4.38. The van der Waals surface area contributed by atoms with Gasteiger partial charge in [-0.15, -0.1) is 0 Å². The summed E-state index contributed by atoms with van der Waals surface area (Å²) in [5.74, 6) is -0.0553. The number of carbonyl (C=O) groups excluding carboxylic acids is 1. The van der Waals surface area contributed by atoms with Crippen LogP contribution >= 0.6 is 0 Å². The summed E-state index contributed by atoms with van der Waals surface area (Å²) in [6, 6.07) is 10.4. The highest BCUT2D eigenvalue weighted by Gasteiger charge is 2.16. The molecule has 0 bridgehead atoms. The number of benzene rings is 2. The Morgan fingerprint density at radius 2 is 1.77 bits per heavy atom. The molecule has 0 amide bonds. The number of aryl methyl sites for hydroxylation is 3. The predicted octanol–water partition coefficient (Wildman–Crippen LogP) is 4.08. The smallest absolute Gasteiger partial charge is 0.342 e. The van der Waals surface area contributed by atoms with Gasteiger partial charge in [-0.05, 0) is 56.2 Å². The van der Waals surface area contributed by atoms with Gasteiger partial charge in [-0.1, -0.05) is 11.6 Å². The number of esters is 1. The van der Waals surface area contributed by atoms with Gasteiger partial charge in [-0.2, -0.15) is 0 Å². The Balaban J connectivity index is 1.93. The van der Waals surface area contributed by atoms with Crippen molar-refractivity contribution >= 4 is 16.9 Å². The Hall–Kier alpha value is -3.08. The van der Waals surface area contributed by atoms with Crippen molar-refractivity contribution in [1.82, 2.24) is 0 Å². The van der Waals surface area contributed by atoms with Crippen molar-refractivity contribution in [3.8, 4) is 5.75 Å². The highest BCUT2D eigenvalue weighted by atomic mass is 16.5. The molecule has 3 aromatic rings. The third-order valence-electron chi connectivity index (χ3n) is 4.38. The first-order valence-electron chi connectivity index (χ1n) is 8.25. The molecule has 5 nitrogen and oxygen atoms in total. The van der Waals surface area contributed by atoms with Crippen LogP contribution in [0.3, 0.4) is 0 Å². The second-order valence-electron chi connectivity index (χ2n) is 6.30. The number of carbonyl (C=O) groups is 1. The summed E-state index contributed by atoms with van der Waals surface area (Å²) in [5, 5.41) is 0.761. The zero-order chi connectivity index (χ0) is 18.8. The summed E-state index contributed by atoms with van der Waals surface area (Å²) in [7, 11) is 1.50. The Kier molecular flexibility index (Phi) is 4.80. The van der Waals surface area contributed by atoms with E-state index in [-0.39, 0.29) is 6.61 Å². The van der Waals surface area contributed by atoms with E-state index >= 15 is 0 Å². The molecule has 5 heteroatoms. The summed E-state index contributed by atoms with van der Waals surface area (Å²) >= 11 is 0. The molecule has 0 radical (unpaired) electrons. The Morgan fingerprint density at radius 1 is 1.04 bits per heavy atom. The van der Waals surface area contributed by atoms with Crippen molar-refractivity contribution in [3.05, 3.63) is 74.6 Å². The van der Waals surface area contributed by atoms with E-state index in [4.69, 9.17) is 13.9 Å². The lowest BCUT2D eigenvalue weighted by molar-refractivity contribution is 0.0470. The fraction of sp³-hybridized carbons (Fsp3) is 0.238. The van der Waals surface area contributed by atoms with E-state index in [1.165, 1.54) is 13.2 Å². The molecule has 1 heterocycles. The maximum Gasteiger partial charge on any atom is 0.342 e. The van der Waals surface area contributed by atoms with Crippen LogP contribution in [0, 0.1) is 20.8 Å². The molecule has 1 aromatic heterocycles. The quantitative estimate of drug-likeness (QED) is 0.523. The molecule has 0 atom stereocenters. The van der Waals surface area contributed by atoms with Gasteiger partial charge in [0.25, 0.3) is 0 Å². The zero-order valence-corrected chi connectivity index (χ0v) is 15.2. The van der Waals surface area contributed by atoms with Crippen LogP contribution in [0.1, 0.15) is 32.6 Å². The number of ether oxygens (including phenoxy) is 2. The fourth-order valence-electron chi connectivity index (χ4n) is 2.80. The van der Waals surface area contributed by atoms with E-state index in [2.05, 4.69) is 0 Å². The first-order valence-corrected chi connectivity index (χ1v) is 8.25. The van der Waals surface area contributed by atoms with Crippen molar-refractivity contribution in [1.29, 1.82) is 0 Å². The molecular formula is C21H20O5. The van der Waals surface area contributed by atoms with Crippen molar-refractivity contribution < 1.29 is 18.7 Å². The summed E-state index contributed by atoms with van der Waals surface area (Å²) in [4.78, 5) is 24.3. The molecule has 0 aliphatic carbocycles. The van der Waals surface area contributed by atoms with Crippen LogP contribution in [0.25, 0.3) is 11.0 Å². The average Bonchev–Trinajstić information content (AvgIpc) is 2.60. The Labute approximate surface area is 151 Å². The topological polar surface area (TPSA) is 65.7 Å². The van der Waals surface area contributed by atoms with Gasteiger partial charge in [0.15, 0.2) is 0 Å². The monoisotopic (exact) mass is 352 g/mol. The molecule has 2 aromatic carbocycles. The van der Waals surface area contributed by atoms with Crippen molar-refractivity contribution in [3.63, 3.8) is 0 Å². The van der Waals surface area contributed by atoms with Crippen LogP contribution in [0.2, 0.25) is 0 Å². The molecular weight excluding hydrogens is 332 g/mol. The van der Waals surface area contributed by atoms with E-state index in [0.29, 0.717) is 22.5 Å². The maximum atomic E-state index is 12.5. The minimum atomic E-state index is -0.504. The van der Waals surface area contributed by atoms with Crippen LogP contribution in [-0.2, 0) is 11.3 Å². The van der Waals surface area contributed by atoms with Gasteiger partial charge in [0, 0.05) is 17.0 Å². The lowest BCUT2D eigenvalue weighted by atomic mass is 10.0. The summed E-state index contributed by atoms with van der Waals surface area (Å²) in [6.45, 7) is 5.79. The van der Waals surface area contributed by atoms with Gasteiger partial charge in [-0.3, -0.25) is 0 Å². The number of methoxy groups -OCH3 is 1. The summed E-state index contributed by atoms with van der Waals surface area (Å²) in [5.41, 5.74) is 4.00. The molecule has 3 rings (SSSR count). The second-order valence-corrected chi connectivity index (χ2v) is 6.30. The zero-order valence-electron chi connectivity index (χ0n) is 15.2. The molecule has 0 saturated heterocycles. The number of fused-ring (bicyclic) bond motifs is 1. The first kappa shape index (κ1) is 17.7. The molecule has 26 heavy (non-hydrogen) atoms. The first-order chi connectivity index (χ1) is 12.4. The van der Waals surface area contributed by atoms with E-state index in [0.717, 1.165) is 22.1 Å². The van der Waals surface area contributed by atoms with Crippen LogP contribution in [0.4, 0.5) is 0 Å². The predicted molar refractivity (Wildman–Crippen MR) is 98.8 cm³/mol. The highest BCUT2D eigenvalue weighted by molar-refractivity contribution is 5.93. The SMILES string of the molecule is COc1ccc(C)cc1C(=O)OCc1cc(=O)oc2cc(C)c(C)cc12. The lowest BCUT2D eigenvalue weighted by Gasteiger charge is -2.11. The van der Waals surface area contributed by atoms with E-state index in [1.807, 2.05) is 39.0 Å². The van der Waals surface area contributed by atoms with Gasteiger partial charge in [0.05, 0.1) is 7.11 Å². The fourth-order valence-corrected chi connectivity index (χ4v) is 2.80. The third kappa shape index (κ3) is 3.47. The highest BCUT2D eigenvalue weighted by Crippen LogP contribution is 2.24. The van der Waals surface area contributed by atoms with E-state index < -0.39 is 11.6 Å². The molecule has 0 aliphatic rings. The van der Waals surface area contributed by atoms with E-state index in [9.17, 15) is 9.59 Å². The molecule has 0 N–H and O–H groups in total. The molecule has 0 fully saturated rings. The van der Waals surface area contributed by atoms with Gasteiger partial charge < -0.3 is 13.9 Å². The minimum Gasteiger partial charge on any atom is -0.496 e. The number of hydrogen-bond donors (Lipinski definition) is 0. The van der Waals surface area contributed by atoms with Crippen molar-refractivity contribution in [2.24, 2.45) is 0 Å². The molecule has 0 saturated carbocycles. The van der Waals surface area contributed by atoms with Crippen LogP contribution in [0.5, 0.6) is 5.75 Å². The Morgan fingerprint density at radius 3 is 2.50 bits per heavy atom. The van der Waals surface area contributed by atoms with Gasteiger partial charge in [-0.25, -0.2) is 9.59 Å². The number of rotatable bonds is 4. The average molecular weight is 352 g/mol. The van der Waals surface area contributed by atoms with Crippen LogP contribution < -0.4 is 10.4 Å². The molecule has 0 aliphatic heterocycles. The Bertz CT molecular complexity index is 1050. The molecule has 0 unspecified atom stereocenters. The van der Waals surface area contributed by atoms with Gasteiger partial charge in [0.1, 0.15) is 23.5 Å². The summed E-state index contributed by atoms with van der Waals surface area (Å²) in [6.07, 6.45) is 0. The van der Waals surface area contributed by atoms with Crippen molar-refractivity contribution in [2.75, 3.05) is 7.11 Å². The normalized spacial score (nSPS) is 10.8. The van der Waals surface area contributed by atoms with E-state index in [1.54, 1.807) is 12.1 Å². The molecule has 134 valence electrons. The minimum absolute atomic E-state index is 0.0273.